The molecule has 1 atom stereocenters. The van der Waals surface area contributed by atoms with Crippen LogP contribution < -0.4 is 4.90 Å². The fourth-order valence-electron chi connectivity index (χ4n) is 2.58. The van der Waals surface area contributed by atoms with Crippen LogP contribution >= 0.6 is 0 Å². The van der Waals surface area contributed by atoms with Gasteiger partial charge in [-0.3, -0.25) is 0 Å². The Morgan fingerprint density at radius 1 is 1.47 bits per heavy atom. The quantitative estimate of drug-likeness (QED) is 0.864. The normalized spacial score (nSPS) is 19.3. The second kappa shape index (κ2) is 6.82. The summed E-state index contributed by atoms with van der Waals surface area (Å²) in [5.41, 5.74) is 0. The van der Waals surface area contributed by atoms with Crippen LogP contribution in [0, 0.1) is 0 Å². The Kier molecular flexibility index (Phi) is 5.10. The Hall–Kier alpha value is -1.20. The molecule has 106 valence electrons. The minimum atomic E-state index is -0.186. The maximum atomic E-state index is 9.69. The van der Waals surface area contributed by atoms with E-state index in [0.29, 0.717) is 6.04 Å². The minimum absolute atomic E-state index is 0.186. The first-order valence-electron chi connectivity index (χ1n) is 7.11. The monoisotopic (exact) mass is 264 g/mol. The Morgan fingerprint density at radius 3 is 2.79 bits per heavy atom. The molecule has 2 heterocycles. The van der Waals surface area contributed by atoms with Crippen molar-refractivity contribution in [3.05, 3.63) is 18.3 Å². The van der Waals surface area contributed by atoms with Crippen LogP contribution in [0.3, 0.4) is 0 Å². The van der Waals surface area contributed by atoms with Gasteiger partial charge in [0, 0.05) is 38.9 Å². The van der Waals surface area contributed by atoms with Crippen LogP contribution in [0.5, 0.6) is 0 Å². The highest BCUT2D eigenvalue weighted by atomic mass is 16.3. The van der Waals surface area contributed by atoms with Crippen molar-refractivity contribution in [3.63, 3.8) is 0 Å². The third kappa shape index (κ3) is 3.88. The van der Waals surface area contributed by atoms with Gasteiger partial charge in [0.25, 0.3) is 0 Å². The Morgan fingerprint density at radius 2 is 2.21 bits per heavy atom. The Bertz CT molecular complexity index is 365. The number of aliphatic hydroxyl groups excluding tert-OH is 1. The van der Waals surface area contributed by atoms with E-state index in [0.717, 1.165) is 44.7 Å². The molecule has 1 aliphatic heterocycles. The van der Waals surface area contributed by atoms with Crippen molar-refractivity contribution in [1.82, 2.24) is 15.1 Å². The fraction of sp³-hybridized carbons (Fsp3) is 0.714. The first-order chi connectivity index (χ1) is 9.20. The molecule has 1 saturated heterocycles. The number of rotatable bonds is 5. The Balaban J connectivity index is 1.83. The summed E-state index contributed by atoms with van der Waals surface area (Å²) in [5, 5.41) is 17.8. The predicted octanol–water partition coefficient (Wildman–Crippen LogP) is 1.15. The van der Waals surface area contributed by atoms with Crippen LogP contribution in [0.15, 0.2) is 18.3 Å². The van der Waals surface area contributed by atoms with E-state index >= 15 is 0 Å². The molecule has 0 spiro atoms. The first kappa shape index (κ1) is 14.2. The molecule has 1 unspecified atom stereocenters. The topological polar surface area (TPSA) is 52.5 Å². The lowest BCUT2D eigenvalue weighted by Gasteiger charge is -2.37. The predicted molar refractivity (Wildman–Crippen MR) is 76.2 cm³/mol. The van der Waals surface area contributed by atoms with Gasteiger partial charge in [0.1, 0.15) is 0 Å². The highest BCUT2D eigenvalue weighted by molar-refractivity contribution is 5.36. The number of hydrogen-bond acceptors (Lipinski definition) is 5. The molecule has 2 rings (SSSR count). The molecule has 1 aromatic heterocycles. The number of aromatic nitrogens is 2. The molecule has 0 amide bonds. The molecule has 0 radical (unpaired) electrons. The summed E-state index contributed by atoms with van der Waals surface area (Å²) in [6, 6.07) is 4.44. The summed E-state index contributed by atoms with van der Waals surface area (Å²) in [4.78, 5) is 4.58. The van der Waals surface area contributed by atoms with Gasteiger partial charge in [-0.05, 0) is 31.4 Å². The zero-order valence-electron chi connectivity index (χ0n) is 11.9. The molecule has 5 heteroatoms. The molecule has 1 aliphatic rings. The first-order valence-corrected chi connectivity index (χ1v) is 7.11. The molecular formula is C14H24N4O. The van der Waals surface area contributed by atoms with Crippen LogP contribution in [-0.4, -0.2) is 59.0 Å². The summed E-state index contributed by atoms with van der Waals surface area (Å²) in [6.07, 6.45) is 4.58. The van der Waals surface area contributed by atoms with Crippen molar-refractivity contribution in [2.75, 3.05) is 31.6 Å². The number of aliphatic hydroxyl groups is 1. The van der Waals surface area contributed by atoms with E-state index in [-0.39, 0.29) is 6.10 Å². The minimum Gasteiger partial charge on any atom is -0.392 e. The van der Waals surface area contributed by atoms with Gasteiger partial charge in [-0.2, -0.15) is 5.10 Å². The van der Waals surface area contributed by atoms with Crippen LogP contribution in [0.1, 0.15) is 26.2 Å². The zero-order chi connectivity index (χ0) is 13.7. The number of likely N-dealkylation sites (tertiary alicyclic amines) is 1. The van der Waals surface area contributed by atoms with Gasteiger partial charge in [0.15, 0.2) is 5.82 Å². The van der Waals surface area contributed by atoms with Gasteiger partial charge in [-0.15, -0.1) is 5.10 Å². The fourth-order valence-corrected chi connectivity index (χ4v) is 2.58. The maximum Gasteiger partial charge on any atom is 0.151 e. The van der Waals surface area contributed by atoms with Gasteiger partial charge in [-0.25, -0.2) is 0 Å². The van der Waals surface area contributed by atoms with Gasteiger partial charge < -0.3 is 14.9 Å². The third-order valence-corrected chi connectivity index (χ3v) is 3.96. The largest absolute Gasteiger partial charge is 0.392 e. The standard InChI is InChI=1S/C14H24N4O/c1-3-13(19)11-18-9-6-12(7-10-18)17(2)14-5-4-8-15-16-14/h4-5,8,12-13,19H,3,6-7,9-11H2,1-2H3. The average Bonchev–Trinajstić information content (AvgIpc) is 2.48. The van der Waals surface area contributed by atoms with Crippen molar-refractivity contribution in [2.24, 2.45) is 0 Å². The number of anilines is 1. The second-order valence-electron chi connectivity index (χ2n) is 5.29. The lowest BCUT2D eigenvalue weighted by Crippen LogP contribution is -2.45. The number of hydrogen-bond donors (Lipinski definition) is 1. The second-order valence-corrected chi connectivity index (χ2v) is 5.29. The molecule has 0 saturated carbocycles. The summed E-state index contributed by atoms with van der Waals surface area (Å²) in [6.45, 7) is 4.93. The Labute approximate surface area is 115 Å². The smallest absolute Gasteiger partial charge is 0.151 e. The molecule has 19 heavy (non-hydrogen) atoms. The zero-order valence-corrected chi connectivity index (χ0v) is 11.9. The van der Waals surface area contributed by atoms with E-state index in [1.165, 1.54) is 0 Å². The molecular weight excluding hydrogens is 240 g/mol. The van der Waals surface area contributed by atoms with Gasteiger partial charge >= 0.3 is 0 Å². The molecule has 0 aliphatic carbocycles. The third-order valence-electron chi connectivity index (χ3n) is 3.96. The maximum absolute atomic E-state index is 9.69. The SMILES string of the molecule is CCC(O)CN1CCC(N(C)c2cccnn2)CC1. The summed E-state index contributed by atoms with van der Waals surface area (Å²) < 4.78 is 0. The number of nitrogens with zero attached hydrogens (tertiary/aromatic N) is 4. The van der Waals surface area contributed by atoms with Crippen LogP contribution in [-0.2, 0) is 0 Å². The van der Waals surface area contributed by atoms with E-state index in [9.17, 15) is 5.11 Å². The van der Waals surface area contributed by atoms with E-state index in [1.54, 1.807) is 6.20 Å². The van der Waals surface area contributed by atoms with Gasteiger partial charge in [0.2, 0.25) is 0 Å². The molecule has 1 aromatic rings. The average molecular weight is 264 g/mol. The molecule has 0 bridgehead atoms. The molecule has 5 nitrogen and oxygen atoms in total. The molecule has 0 aromatic carbocycles. The van der Waals surface area contributed by atoms with Gasteiger partial charge in [0.05, 0.1) is 6.10 Å². The van der Waals surface area contributed by atoms with E-state index in [2.05, 4.69) is 27.0 Å². The summed E-state index contributed by atoms with van der Waals surface area (Å²) >= 11 is 0. The van der Waals surface area contributed by atoms with Crippen molar-refractivity contribution in [2.45, 2.75) is 38.3 Å². The number of β-amino-alcohol motifs (C(OH)–C–C–N with tert-alkyl or cyclic N) is 1. The van der Waals surface area contributed by atoms with Crippen LogP contribution in [0.4, 0.5) is 5.82 Å². The molecule has 1 N–H and O–H groups in total. The van der Waals surface area contributed by atoms with Crippen molar-refractivity contribution >= 4 is 5.82 Å². The van der Waals surface area contributed by atoms with E-state index in [4.69, 9.17) is 0 Å². The van der Waals surface area contributed by atoms with Crippen LogP contribution in [0.25, 0.3) is 0 Å². The lowest BCUT2D eigenvalue weighted by molar-refractivity contribution is 0.0944. The summed E-state index contributed by atoms with van der Waals surface area (Å²) in [7, 11) is 2.09. The summed E-state index contributed by atoms with van der Waals surface area (Å²) in [5.74, 6) is 0.939. The lowest BCUT2D eigenvalue weighted by atomic mass is 10.0. The molecule has 1 fully saturated rings. The van der Waals surface area contributed by atoms with E-state index in [1.807, 2.05) is 19.1 Å². The number of piperidine rings is 1. The van der Waals surface area contributed by atoms with Crippen LogP contribution in [0.2, 0.25) is 0 Å². The van der Waals surface area contributed by atoms with E-state index < -0.39 is 0 Å². The van der Waals surface area contributed by atoms with Crippen molar-refractivity contribution in [1.29, 1.82) is 0 Å². The van der Waals surface area contributed by atoms with Crippen molar-refractivity contribution < 1.29 is 5.11 Å². The van der Waals surface area contributed by atoms with Crippen molar-refractivity contribution in [3.8, 4) is 0 Å². The highest BCUT2D eigenvalue weighted by Crippen LogP contribution is 2.19. The van der Waals surface area contributed by atoms with Gasteiger partial charge in [-0.1, -0.05) is 6.92 Å². The highest BCUT2D eigenvalue weighted by Gasteiger charge is 2.24.